The molecule has 0 amide bonds. The molecule has 4 heteroatoms. The second-order valence-electron chi connectivity index (χ2n) is 8.94. The van der Waals surface area contributed by atoms with Gasteiger partial charge in [0.05, 0.1) is 21.1 Å². The van der Waals surface area contributed by atoms with Gasteiger partial charge in [-0.2, -0.15) is 0 Å². The van der Waals surface area contributed by atoms with E-state index in [1.807, 2.05) is 28.1 Å². The largest absolute Gasteiger partial charge is 0.378 e. The van der Waals surface area contributed by atoms with Crippen LogP contribution in [0, 0.1) is 0 Å². The highest BCUT2D eigenvalue weighted by molar-refractivity contribution is 7.32. The van der Waals surface area contributed by atoms with Gasteiger partial charge in [-0.3, -0.25) is 0 Å². The van der Waals surface area contributed by atoms with Gasteiger partial charge in [-0.05, 0) is 32.1 Å². The summed E-state index contributed by atoms with van der Waals surface area (Å²) in [7, 11) is 3.61. The Kier molecular flexibility index (Phi) is 15.3. The maximum Gasteiger partial charge on any atom is 0.378 e. The summed E-state index contributed by atoms with van der Waals surface area (Å²) in [4.78, 5) is 0. The van der Waals surface area contributed by atoms with Crippen molar-refractivity contribution < 1.29 is 13.6 Å². The minimum absolute atomic E-state index is 0.508. The Hall–Kier alpha value is -0.400. The van der Waals surface area contributed by atoms with Gasteiger partial charge in [0.2, 0.25) is 5.28 Å². The van der Waals surface area contributed by atoms with Crippen molar-refractivity contribution in [2.24, 2.45) is 0 Å². The van der Waals surface area contributed by atoms with Gasteiger partial charge in [0.1, 0.15) is 0 Å². The molecule has 0 aliphatic rings. The van der Waals surface area contributed by atoms with Crippen LogP contribution in [-0.2, 0) is 9.13 Å². The minimum atomic E-state index is -2.41. The van der Waals surface area contributed by atoms with E-state index < -0.39 is 13.0 Å². The van der Waals surface area contributed by atoms with Crippen molar-refractivity contribution in [2.45, 2.75) is 115 Å². The number of nitrogens with zero attached hydrogens (tertiary/aromatic N) is 1. The van der Waals surface area contributed by atoms with Crippen LogP contribution < -0.4 is 0 Å². The molecule has 0 heterocycles. The first-order chi connectivity index (χ1) is 12.8. The first kappa shape index (κ1) is 26.6. The summed E-state index contributed by atoms with van der Waals surface area (Å²) >= 11 is 0. The van der Waals surface area contributed by atoms with Crippen LogP contribution in [0.2, 0.25) is 0 Å². The zero-order valence-corrected chi connectivity index (χ0v) is 19.9. The number of hydrogen-bond donors (Lipinski definition) is 0. The molecule has 0 aliphatic carbocycles. The van der Waals surface area contributed by atoms with Gasteiger partial charge in [0.15, 0.2) is 0 Å². The topological polar surface area (TPSA) is 34.1 Å². The van der Waals surface area contributed by atoms with Crippen molar-refractivity contribution in [2.75, 3.05) is 21.1 Å². The predicted molar refractivity (Wildman–Crippen MR) is 119 cm³/mol. The van der Waals surface area contributed by atoms with Gasteiger partial charge >= 0.3 is 7.68 Å². The first-order valence-electron chi connectivity index (χ1n) is 11.4. The van der Waals surface area contributed by atoms with Crippen LogP contribution in [0.15, 0.2) is 12.2 Å². The second-order valence-corrected chi connectivity index (χ2v) is 10.3. The quantitative estimate of drug-likeness (QED) is 0.101. The fourth-order valence-corrected chi connectivity index (χ4v) is 5.02. The first-order valence-corrected chi connectivity index (χ1v) is 12.6. The highest BCUT2D eigenvalue weighted by Gasteiger charge is 2.46. The van der Waals surface area contributed by atoms with E-state index in [9.17, 15) is 9.13 Å². The van der Waals surface area contributed by atoms with Gasteiger partial charge in [-0.15, -0.1) is 0 Å². The van der Waals surface area contributed by atoms with Crippen molar-refractivity contribution in [1.82, 2.24) is 0 Å². The van der Waals surface area contributed by atoms with Gasteiger partial charge in [0.25, 0.3) is 0 Å². The summed E-state index contributed by atoms with van der Waals surface area (Å²) in [6, 6.07) is 0. The van der Waals surface area contributed by atoms with E-state index in [1.54, 1.807) is 0 Å². The van der Waals surface area contributed by atoms with Crippen LogP contribution in [0.1, 0.15) is 110 Å². The molecule has 0 radical (unpaired) electrons. The molecule has 1 atom stereocenters. The van der Waals surface area contributed by atoms with Crippen LogP contribution in [-0.4, -0.2) is 30.9 Å². The monoisotopic (exact) mass is 400 g/mol. The molecule has 0 aliphatic heterocycles. The lowest BCUT2D eigenvalue weighted by Crippen LogP contribution is -2.53. The van der Waals surface area contributed by atoms with E-state index in [1.165, 1.54) is 70.6 Å². The number of allylic oxidation sites excluding steroid dienone is 2. The predicted octanol–water partition coefficient (Wildman–Crippen LogP) is 8.01. The molecule has 0 aromatic rings. The Balaban J connectivity index is 3.71. The van der Waals surface area contributed by atoms with Gasteiger partial charge in [-0.1, -0.05) is 77.4 Å². The molecule has 0 N–H and O–H groups in total. The molecule has 0 saturated heterocycles. The highest BCUT2D eigenvalue weighted by Crippen LogP contribution is 2.43. The Labute approximate surface area is 170 Å². The molecule has 0 bridgehead atoms. The van der Waals surface area contributed by atoms with Crippen molar-refractivity contribution in [3.05, 3.63) is 12.2 Å². The van der Waals surface area contributed by atoms with E-state index in [0.717, 1.165) is 19.3 Å². The third-order valence-electron chi connectivity index (χ3n) is 5.99. The standard InChI is InChI=1S/C23H47NO2P/c1-6-8-9-10-11-12-13-14-15-16-17-18-19-20-21-22-23(7-2,27(25)26)24(3,4)5/h12-13H,6-11,14-22H2,1-5H3/q+1. The minimum Gasteiger partial charge on any atom is -0.314 e. The molecule has 0 spiro atoms. The molecule has 0 fully saturated rings. The third kappa shape index (κ3) is 11.3. The molecule has 3 nitrogen and oxygen atoms in total. The Morgan fingerprint density at radius 3 is 1.56 bits per heavy atom. The van der Waals surface area contributed by atoms with Gasteiger partial charge in [0, 0.05) is 12.8 Å². The molecular formula is C23H47NO2P+. The smallest absolute Gasteiger partial charge is 0.314 e. The molecule has 0 aromatic heterocycles. The molecular weight excluding hydrogens is 353 g/mol. The summed E-state index contributed by atoms with van der Waals surface area (Å²) in [5, 5.41) is -0.599. The average molecular weight is 401 g/mol. The fraction of sp³-hybridized carbons (Fsp3) is 0.913. The molecule has 0 rings (SSSR count). The van der Waals surface area contributed by atoms with Crippen molar-refractivity contribution >= 4 is 7.68 Å². The molecule has 160 valence electrons. The Morgan fingerprint density at radius 2 is 1.15 bits per heavy atom. The van der Waals surface area contributed by atoms with Crippen molar-refractivity contribution in [1.29, 1.82) is 0 Å². The Morgan fingerprint density at radius 1 is 0.704 bits per heavy atom. The third-order valence-corrected chi connectivity index (χ3v) is 7.81. The summed E-state index contributed by atoms with van der Waals surface area (Å²) in [5.74, 6) is 0. The average Bonchev–Trinajstić information content (AvgIpc) is 2.60. The highest BCUT2D eigenvalue weighted by atomic mass is 31.1. The van der Waals surface area contributed by atoms with Gasteiger partial charge < -0.3 is 4.48 Å². The number of quaternary nitrogens is 1. The van der Waals surface area contributed by atoms with Crippen molar-refractivity contribution in [3.63, 3.8) is 0 Å². The van der Waals surface area contributed by atoms with E-state index in [-0.39, 0.29) is 0 Å². The summed E-state index contributed by atoms with van der Waals surface area (Å²) < 4.78 is 24.3. The maximum absolute atomic E-state index is 11.9. The normalized spacial score (nSPS) is 14.6. The lowest BCUT2D eigenvalue weighted by molar-refractivity contribution is -0.908. The summed E-state index contributed by atoms with van der Waals surface area (Å²) in [5.41, 5.74) is 0. The molecule has 1 unspecified atom stereocenters. The SMILES string of the molecule is CCCCCCC=CCCCCCCCCCC(CC)(P(=O)=O)[N+](C)(C)C. The van der Waals surface area contributed by atoms with E-state index >= 15 is 0 Å². The van der Waals surface area contributed by atoms with E-state index in [2.05, 4.69) is 19.1 Å². The van der Waals surface area contributed by atoms with E-state index in [0.29, 0.717) is 10.9 Å². The number of unbranched alkanes of at least 4 members (excludes halogenated alkanes) is 11. The van der Waals surface area contributed by atoms with Crippen LogP contribution in [0.3, 0.4) is 0 Å². The molecule has 27 heavy (non-hydrogen) atoms. The van der Waals surface area contributed by atoms with Crippen LogP contribution in [0.25, 0.3) is 0 Å². The molecule has 0 saturated carbocycles. The maximum atomic E-state index is 11.9. The summed E-state index contributed by atoms with van der Waals surface area (Å²) in [6.45, 7) is 4.27. The number of hydrogen-bond acceptors (Lipinski definition) is 2. The zero-order valence-electron chi connectivity index (χ0n) is 19.0. The lowest BCUT2D eigenvalue weighted by atomic mass is 10.0. The van der Waals surface area contributed by atoms with Crippen LogP contribution >= 0.6 is 7.68 Å². The van der Waals surface area contributed by atoms with E-state index in [4.69, 9.17) is 0 Å². The summed E-state index contributed by atoms with van der Waals surface area (Å²) in [6.07, 6.45) is 22.7. The van der Waals surface area contributed by atoms with Gasteiger partial charge in [-0.25, -0.2) is 9.13 Å². The van der Waals surface area contributed by atoms with Crippen LogP contribution in [0.4, 0.5) is 0 Å². The zero-order chi connectivity index (χ0) is 20.6. The van der Waals surface area contributed by atoms with Crippen LogP contribution in [0.5, 0.6) is 0 Å². The Bertz CT molecular complexity index is 444. The second kappa shape index (κ2) is 15.5. The fourth-order valence-electron chi connectivity index (χ4n) is 3.93. The number of rotatable bonds is 18. The molecule has 0 aromatic carbocycles. The lowest BCUT2D eigenvalue weighted by Gasteiger charge is -2.40. The van der Waals surface area contributed by atoms with Crippen molar-refractivity contribution in [3.8, 4) is 0 Å².